The summed E-state index contributed by atoms with van der Waals surface area (Å²) in [6, 6.07) is 6.18. The van der Waals surface area contributed by atoms with Crippen molar-refractivity contribution in [2.75, 3.05) is 32.8 Å². The van der Waals surface area contributed by atoms with E-state index in [1.807, 2.05) is 6.07 Å². The average molecular weight is 270 g/mol. The molecule has 3 nitrogen and oxygen atoms in total. The first-order valence-corrected chi connectivity index (χ1v) is 6.66. The molecule has 1 aliphatic rings. The lowest BCUT2D eigenvalue weighted by Gasteiger charge is -2.29. The molecule has 0 bridgehead atoms. The minimum atomic E-state index is -2.47. The van der Waals surface area contributed by atoms with E-state index in [-0.39, 0.29) is 18.2 Å². The van der Waals surface area contributed by atoms with E-state index in [1.165, 1.54) is 12.1 Å². The van der Waals surface area contributed by atoms with E-state index in [9.17, 15) is 13.9 Å². The second-order valence-corrected chi connectivity index (χ2v) is 4.81. The van der Waals surface area contributed by atoms with Gasteiger partial charge < -0.3 is 10.4 Å². The third-order valence-corrected chi connectivity index (χ3v) is 3.54. The van der Waals surface area contributed by atoms with E-state index in [2.05, 4.69) is 10.2 Å². The molecule has 1 fully saturated rings. The maximum absolute atomic E-state index is 12.7. The zero-order valence-corrected chi connectivity index (χ0v) is 10.9. The van der Waals surface area contributed by atoms with Gasteiger partial charge in [-0.2, -0.15) is 0 Å². The van der Waals surface area contributed by atoms with E-state index in [4.69, 9.17) is 0 Å². The molecule has 5 heteroatoms. The molecule has 1 aromatic rings. The standard InChI is InChI=1S/C14H20F2N2O/c15-14(16)12-4-1-3-11(9-12)13(10-19)18-7-2-5-17-6-8-18/h1,3-4,9,13-14,17,19H,2,5-8,10H2. The Morgan fingerprint density at radius 3 is 2.74 bits per heavy atom. The predicted molar refractivity (Wildman–Crippen MR) is 70.3 cm³/mol. The summed E-state index contributed by atoms with van der Waals surface area (Å²) in [5, 5.41) is 12.9. The third-order valence-electron chi connectivity index (χ3n) is 3.54. The first-order valence-electron chi connectivity index (χ1n) is 6.66. The van der Waals surface area contributed by atoms with Gasteiger partial charge >= 0.3 is 0 Å². The lowest BCUT2D eigenvalue weighted by atomic mass is 10.0. The predicted octanol–water partition coefficient (Wildman–Crippen LogP) is 1.95. The second kappa shape index (κ2) is 6.93. The summed E-state index contributed by atoms with van der Waals surface area (Å²) in [6.45, 7) is 3.48. The highest BCUT2D eigenvalue weighted by Gasteiger charge is 2.21. The van der Waals surface area contributed by atoms with E-state index in [0.29, 0.717) is 0 Å². The number of halogens is 2. The zero-order valence-electron chi connectivity index (χ0n) is 10.9. The van der Waals surface area contributed by atoms with Gasteiger partial charge in [-0.15, -0.1) is 0 Å². The highest BCUT2D eigenvalue weighted by atomic mass is 19.3. The van der Waals surface area contributed by atoms with Crippen molar-refractivity contribution in [2.45, 2.75) is 18.9 Å². The number of hydrogen-bond donors (Lipinski definition) is 2. The van der Waals surface area contributed by atoms with Crippen LogP contribution in [0.15, 0.2) is 24.3 Å². The van der Waals surface area contributed by atoms with Gasteiger partial charge in [0.15, 0.2) is 0 Å². The first kappa shape index (κ1) is 14.4. The number of rotatable bonds is 4. The highest BCUT2D eigenvalue weighted by molar-refractivity contribution is 5.27. The largest absolute Gasteiger partial charge is 0.394 e. The van der Waals surface area contributed by atoms with Crippen LogP contribution < -0.4 is 5.32 Å². The molecule has 0 aliphatic carbocycles. The van der Waals surface area contributed by atoms with Crippen molar-refractivity contribution in [3.05, 3.63) is 35.4 Å². The number of alkyl halides is 2. The molecule has 0 spiro atoms. The fraction of sp³-hybridized carbons (Fsp3) is 0.571. The Bertz CT molecular complexity index is 393. The number of hydrogen-bond acceptors (Lipinski definition) is 3. The lowest BCUT2D eigenvalue weighted by molar-refractivity contribution is 0.128. The highest BCUT2D eigenvalue weighted by Crippen LogP contribution is 2.26. The number of nitrogens with one attached hydrogen (secondary N) is 1. The van der Waals surface area contributed by atoms with Gasteiger partial charge in [0.1, 0.15) is 0 Å². The van der Waals surface area contributed by atoms with Crippen LogP contribution in [0.25, 0.3) is 0 Å². The van der Waals surface area contributed by atoms with Crippen molar-refractivity contribution in [1.82, 2.24) is 10.2 Å². The molecule has 1 atom stereocenters. The fourth-order valence-electron chi connectivity index (χ4n) is 2.51. The van der Waals surface area contributed by atoms with Crippen molar-refractivity contribution >= 4 is 0 Å². The van der Waals surface area contributed by atoms with Gasteiger partial charge in [-0.25, -0.2) is 8.78 Å². The molecule has 1 heterocycles. The molecule has 0 radical (unpaired) electrons. The minimum Gasteiger partial charge on any atom is -0.394 e. The first-order chi connectivity index (χ1) is 9.22. The Labute approximate surface area is 112 Å². The maximum Gasteiger partial charge on any atom is 0.263 e. The van der Waals surface area contributed by atoms with Gasteiger partial charge in [0, 0.05) is 25.2 Å². The molecule has 2 rings (SSSR count). The summed E-state index contributed by atoms with van der Waals surface area (Å²) in [7, 11) is 0. The lowest BCUT2D eigenvalue weighted by Crippen LogP contribution is -2.34. The molecule has 1 unspecified atom stereocenters. The normalized spacial score (nSPS) is 19.4. The second-order valence-electron chi connectivity index (χ2n) is 4.81. The number of aliphatic hydroxyl groups excluding tert-OH is 1. The van der Waals surface area contributed by atoms with Crippen molar-refractivity contribution in [3.63, 3.8) is 0 Å². The van der Waals surface area contributed by atoms with Gasteiger partial charge in [0.2, 0.25) is 0 Å². The zero-order chi connectivity index (χ0) is 13.7. The molecule has 106 valence electrons. The van der Waals surface area contributed by atoms with Crippen molar-refractivity contribution < 1.29 is 13.9 Å². The monoisotopic (exact) mass is 270 g/mol. The molecule has 0 aromatic heterocycles. The minimum absolute atomic E-state index is 0.0175. The van der Waals surface area contributed by atoms with Crippen LogP contribution in [0.4, 0.5) is 8.78 Å². The van der Waals surface area contributed by atoms with Crippen LogP contribution in [-0.2, 0) is 0 Å². The van der Waals surface area contributed by atoms with Crippen LogP contribution in [0.2, 0.25) is 0 Å². The molecule has 0 amide bonds. The van der Waals surface area contributed by atoms with Crippen molar-refractivity contribution in [3.8, 4) is 0 Å². The molecular weight excluding hydrogens is 250 g/mol. The molecule has 19 heavy (non-hydrogen) atoms. The molecular formula is C14H20F2N2O. The van der Waals surface area contributed by atoms with Crippen molar-refractivity contribution in [1.29, 1.82) is 0 Å². The molecule has 0 saturated carbocycles. The van der Waals surface area contributed by atoms with Gasteiger partial charge in [-0.3, -0.25) is 4.90 Å². The quantitative estimate of drug-likeness (QED) is 0.878. The van der Waals surface area contributed by atoms with E-state index in [0.717, 1.165) is 38.2 Å². The molecule has 1 saturated heterocycles. The molecule has 1 aliphatic heterocycles. The van der Waals surface area contributed by atoms with E-state index < -0.39 is 6.43 Å². The van der Waals surface area contributed by atoms with Gasteiger partial charge in [-0.05, 0) is 24.6 Å². The smallest absolute Gasteiger partial charge is 0.263 e. The van der Waals surface area contributed by atoms with Crippen LogP contribution >= 0.6 is 0 Å². The Hall–Kier alpha value is -1.04. The van der Waals surface area contributed by atoms with Gasteiger partial charge in [-0.1, -0.05) is 18.2 Å². The van der Waals surface area contributed by atoms with Crippen molar-refractivity contribution in [2.24, 2.45) is 0 Å². The summed E-state index contributed by atoms with van der Waals surface area (Å²) < 4.78 is 25.5. The van der Waals surface area contributed by atoms with E-state index in [1.54, 1.807) is 6.07 Å². The summed E-state index contributed by atoms with van der Waals surface area (Å²) in [5.41, 5.74) is 0.783. The molecule has 1 aromatic carbocycles. The summed E-state index contributed by atoms with van der Waals surface area (Å²) in [4.78, 5) is 2.16. The third kappa shape index (κ3) is 3.72. The summed E-state index contributed by atoms with van der Waals surface area (Å²) in [6.07, 6.45) is -1.46. The SMILES string of the molecule is OCC(c1cccc(C(F)F)c1)N1CCCNCC1. The van der Waals surface area contributed by atoms with Crippen LogP contribution in [0.1, 0.15) is 30.0 Å². The van der Waals surface area contributed by atoms with Crippen LogP contribution in [-0.4, -0.2) is 42.8 Å². The average Bonchev–Trinajstić information content (AvgIpc) is 2.69. The van der Waals surface area contributed by atoms with Gasteiger partial charge in [0.25, 0.3) is 6.43 Å². The fourth-order valence-corrected chi connectivity index (χ4v) is 2.51. The number of benzene rings is 1. The molecule has 2 N–H and O–H groups in total. The Morgan fingerprint density at radius 2 is 2.00 bits per heavy atom. The van der Waals surface area contributed by atoms with E-state index >= 15 is 0 Å². The summed E-state index contributed by atoms with van der Waals surface area (Å²) >= 11 is 0. The van der Waals surface area contributed by atoms with Crippen LogP contribution in [0, 0.1) is 0 Å². The Balaban J connectivity index is 2.17. The number of nitrogens with zero attached hydrogens (tertiary/aromatic N) is 1. The summed E-state index contributed by atoms with van der Waals surface area (Å²) in [5.74, 6) is 0. The maximum atomic E-state index is 12.7. The Morgan fingerprint density at radius 1 is 1.21 bits per heavy atom. The Kier molecular flexibility index (Phi) is 5.24. The van der Waals surface area contributed by atoms with Crippen LogP contribution in [0.3, 0.4) is 0 Å². The number of aliphatic hydroxyl groups is 1. The van der Waals surface area contributed by atoms with Gasteiger partial charge in [0.05, 0.1) is 12.6 Å². The van der Waals surface area contributed by atoms with Crippen LogP contribution in [0.5, 0.6) is 0 Å². The topological polar surface area (TPSA) is 35.5 Å².